The van der Waals surface area contributed by atoms with Gasteiger partial charge in [0, 0.05) is 11.0 Å². The third-order valence-corrected chi connectivity index (χ3v) is 2.81. The van der Waals surface area contributed by atoms with E-state index in [0.717, 1.165) is 24.5 Å². The molecule has 0 saturated heterocycles. The van der Waals surface area contributed by atoms with E-state index in [2.05, 4.69) is 46.0 Å². The summed E-state index contributed by atoms with van der Waals surface area (Å²) >= 11 is 0. The van der Waals surface area contributed by atoms with Crippen molar-refractivity contribution in [3.05, 3.63) is 23.7 Å². The SMILES string of the molecule is Cc1ccc(C(C)(C)CCNC(C)(C)C)o1. The molecule has 1 aromatic heterocycles. The van der Waals surface area contributed by atoms with Gasteiger partial charge in [0.25, 0.3) is 0 Å². The highest BCUT2D eigenvalue weighted by molar-refractivity contribution is 5.14. The zero-order chi connectivity index (χ0) is 12.4. The molecule has 0 unspecified atom stereocenters. The van der Waals surface area contributed by atoms with Crippen molar-refractivity contribution in [1.82, 2.24) is 5.32 Å². The first-order valence-electron chi connectivity index (χ1n) is 6.03. The Morgan fingerprint density at radius 1 is 1.12 bits per heavy atom. The summed E-state index contributed by atoms with van der Waals surface area (Å²) in [5.41, 5.74) is 0.293. The molecule has 0 saturated carbocycles. The zero-order valence-corrected chi connectivity index (χ0v) is 11.5. The highest BCUT2D eigenvalue weighted by Gasteiger charge is 2.24. The summed E-state index contributed by atoms with van der Waals surface area (Å²) in [7, 11) is 0. The third-order valence-electron chi connectivity index (χ3n) is 2.81. The first-order chi connectivity index (χ1) is 7.21. The summed E-state index contributed by atoms with van der Waals surface area (Å²) in [5, 5.41) is 3.51. The van der Waals surface area contributed by atoms with Crippen LogP contribution in [0.5, 0.6) is 0 Å². The Morgan fingerprint density at radius 3 is 2.19 bits per heavy atom. The predicted octanol–water partition coefficient (Wildman–Crippen LogP) is 3.64. The molecule has 0 aliphatic rings. The van der Waals surface area contributed by atoms with Crippen molar-refractivity contribution in [3.8, 4) is 0 Å². The van der Waals surface area contributed by atoms with Gasteiger partial charge in [0.05, 0.1) is 0 Å². The molecule has 0 radical (unpaired) electrons. The maximum atomic E-state index is 5.70. The molecule has 1 rings (SSSR count). The van der Waals surface area contributed by atoms with Crippen LogP contribution in [0.4, 0.5) is 0 Å². The molecule has 1 aromatic rings. The molecule has 0 amide bonds. The smallest absolute Gasteiger partial charge is 0.109 e. The lowest BCUT2D eigenvalue weighted by Crippen LogP contribution is -2.38. The van der Waals surface area contributed by atoms with E-state index in [1.54, 1.807) is 0 Å². The Labute approximate surface area is 99.4 Å². The summed E-state index contributed by atoms with van der Waals surface area (Å²) in [5.74, 6) is 2.08. The van der Waals surface area contributed by atoms with Gasteiger partial charge in [-0.25, -0.2) is 0 Å². The van der Waals surface area contributed by atoms with Crippen molar-refractivity contribution in [3.63, 3.8) is 0 Å². The number of furan rings is 1. The molecule has 16 heavy (non-hydrogen) atoms. The van der Waals surface area contributed by atoms with Crippen LogP contribution in [0.1, 0.15) is 52.6 Å². The average molecular weight is 223 g/mol. The minimum absolute atomic E-state index is 0.104. The molecular formula is C14H25NO. The van der Waals surface area contributed by atoms with Crippen LogP contribution in [0.15, 0.2) is 16.5 Å². The summed E-state index contributed by atoms with van der Waals surface area (Å²) in [6, 6.07) is 4.13. The van der Waals surface area contributed by atoms with Gasteiger partial charge in [-0.3, -0.25) is 0 Å². The molecule has 0 aliphatic heterocycles. The lowest BCUT2D eigenvalue weighted by atomic mass is 9.86. The van der Waals surface area contributed by atoms with Gasteiger partial charge in [0.15, 0.2) is 0 Å². The largest absolute Gasteiger partial charge is 0.466 e. The average Bonchev–Trinajstić information content (AvgIpc) is 2.49. The molecule has 0 aromatic carbocycles. The van der Waals surface area contributed by atoms with Gasteiger partial charge >= 0.3 is 0 Å². The Kier molecular flexibility index (Phi) is 3.84. The zero-order valence-electron chi connectivity index (χ0n) is 11.5. The standard InChI is InChI=1S/C14H25NO/c1-11-7-8-12(16-11)14(5,6)9-10-15-13(2,3)4/h7-8,15H,9-10H2,1-6H3. The van der Waals surface area contributed by atoms with Gasteiger partial charge in [-0.1, -0.05) is 13.8 Å². The Hall–Kier alpha value is -0.760. The molecule has 0 atom stereocenters. The fourth-order valence-electron chi connectivity index (χ4n) is 1.67. The molecule has 2 heteroatoms. The molecule has 1 heterocycles. The molecular weight excluding hydrogens is 198 g/mol. The van der Waals surface area contributed by atoms with Gasteiger partial charge in [-0.2, -0.15) is 0 Å². The molecule has 0 fully saturated rings. The van der Waals surface area contributed by atoms with Crippen LogP contribution in [0.25, 0.3) is 0 Å². The fourth-order valence-corrected chi connectivity index (χ4v) is 1.67. The van der Waals surface area contributed by atoms with Crippen LogP contribution >= 0.6 is 0 Å². The highest BCUT2D eigenvalue weighted by Crippen LogP contribution is 2.28. The minimum atomic E-state index is 0.104. The lowest BCUT2D eigenvalue weighted by Gasteiger charge is -2.26. The molecule has 92 valence electrons. The minimum Gasteiger partial charge on any atom is -0.466 e. The lowest BCUT2D eigenvalue weighted by molar-refractivity contribution is 0.328. The number of hydrogen-bond donors (Lipinski definition) is 1. The van der Waals surface area contributed by atoms with Gasteiger partial charge in [-0.05, 0) is 52.8 Å². The first-order valence-corrected chi connectivity index (χ1v) is 6.03. The van der Waals surface area contributed by atoms with E-state index in [9.17, 15) is 0 Å². The maximum Gasteiger partial charge on any atom is 0.109 e. The molecule has 0 aliphatic carbocycles. The normalized spacial score (nSPS) is 13.1. The van der Waals surface area contributed by atoms with Gasteiger partial charge in [0.2, 0.25) is 0 Å². The van der Waals surface area contributed by atoms with E-state index in [-0.39, 0.29) is 11.0 Å². The van der Waals surface area contributed by atoms with Crippen LogP contribution in [0, 0.1) is 6.92 Å². The fraction of sp³-hybridized carbons (Fsp3) is 0.714. The Bertz CT molecular complexity index is 331. The number of hydrogen-bond acceptors (Lipinski definition) is 2. The van der Waals surface area contributed by atoms with Crippen LogP contribution in [-0.2, 0) is 5.41 Å². The first kappa shape index (κ1) is 13.3. The number of rotatable bonds is 4. The second kappa shape index (κ2) is 4.62. The van der Waals surface area contributed by atoms with E-state index in [1.165, 1.54) is 0 Å². The van der Waals surface area contributed by atoms with E-state index in [4.69, 9.17) is 4.42 Å². The van der Waals surface area contributed by atoms with Gasteiger partial charge in [0.1, 0.15) is 11.5 Å². The van der Waals surface area contributed by atoms with Crippen LogP contribution in [-0.4, -0.2) is 12.1 Å². The van der Waals surface area contributed by atoms with E-state index in [1.807, 2.05) is 13.0 Å². The van der Waals surface area contributed by atoms with Crippen LogP contribution < -0.4 is 5.32 Å². The van der Waals surface area contributed by atoms with E-state index in [0.29, 0.717) is 0 Å². The van der Waals surface area contributed by atoms with E-state index < -0.39 is 0 Å². The predicted molar refractivity (Wildman–Crippen MR) is 68.8 cm³/mol. The van der Waals surface area contributed by atoms with Crippen LogP contribution in [0.3, 0.4) is 0 Å². The van der Waals surface area contributed by atoms with Crippen molar-refractivity contribution in [2.24, 2.45) is 0 Å². The van der Waals surface area contributed by atoms with Crippen LogP contribution in [0.2, 0.25) is 0 Å². The van der Waals surface area contributed by atoms with Crippen molar-refractivity contribution in [2.45, 2.75) is 58.9 Å². The van der Waals surface area contributed by atoms with Gasteiger partial charge in [-0.15, -0.1) is 0 Å². The number of nitrogens with one attached hydrogen (secondary N) is 1. The van der Waals surface area contributed by atoms with Crippen molar-refractivity contribution < 1.29 is 4.42 Å². The quantitative estimate of drug-likeness (QED) is 0.843. The molecule has 0 bridgehead atoms. The van der Waals surface area contributed by atoms with Crippen molar-refractivity contribution in [1.29, 1.82) is 0 Å². The summed E-state index contributed by atoms with van der Waals surface area (Å²) in [6.45, 7) is 14.0. The third kappa shape index (κ3) is 4.01. The maximum absolute atomic E-state index is 5.70. The Morgan fingerprint density at radius 2 is 1.75 bits per heavy atom. The molecule has 2 nitrogen and oxygen atoms in total. The van der Waals surface area contributed by atoms with Crippen molar-refractivity contribution in [2.75, 3.05) is 6.54 Å². The highest BCUT2D eigenvalue weighted by atomic mass is 16.3. The van der Waals surface area contributed by atoms with Crippen molar-refractivity contribution >= 4 is 0 Å². The summed E-state index contributed by atoms with van der Waals surface area (Å²) < 4.78 is 5.70. The monoisotopic (exact) mass is 223 g/mol. The second-order valence-electron chi connectivity index (χ2n) is 6.22. The van der Waals surface area contributed by atoms with Gasteiger partial charge < -0.3 is 9.73 Å². The molecule has 0 spiro atoms. The Balaban J connectivity index is 2.52. The summed E-state index contributed by atoms with van der Waals surface area (Å²) in [6.07, 6.45) is 1.08. The summed E-state index contributed by atoms with van der Waals surface area (Å²) in [4.78, 5) is 0. The van der Waals surface area contributed by atoms with E-state index >= 15 is 0 Å². The molecule has 1 N–H and O–H groups in total. The number of aryl methyl sites for hydroxylation is 1. The topological polar surface area (TPSA) is 25.2 Å². The second-order valence-corrected chi connectivity index (χ2v) is 6.22.